The van der Waals surface area contributed by atoms with Crippen LogP contribution in [0.4, 0.5) is 0 Å². The van der Waals surface area contributed by atoms with Crippen molar-refractivity contribution in [2.24, 2.45) is 5.92 Å². The summed E-state index contributed by atoms with van der Waals surface area (Å²) in [5.74, 6) is 2.36. The number of allylic oxidation sites excluding steroid dienone is 1. The standard InChI is InChI=1S/C18H31ClO2S/c1-4-7-18(21-11-6-10-19)16-9-8-15(13-17(16)20)12-14(3)22-5-2/h6,10,14-15,18,20H,4-5,7-9,11-13H2,1-3H3. The fourth-order valence-corrected chi connectivity index (χ4v) is 4.26. The lowest BCUT2D eigenvalue weighted by Gasteiger charge is -2.30. The second kappa shape index (κ2) is 11.4. The van der Waals surface area contributed by atoms with Crippen LogP contribution < -0.4 is 0 Å². The third kappa shape index (κ3) is 6.97. The number of aliphatic hydroxyl groups is 1. The smallest absolute Gasteiger partial charge is 0.0943 e. The Morgan fingerprint density at radius 1 is 1.45 bits per heavy atom. The van der Waals surface area contributed by atoms with E-state index in [9.17, 15) is 5.11 Å². The molecule has 1 rings (SSSR count). The molecule has 0 saturated carbocycles. The van der Waals surface area contributed by atoms with Crippen molar-refractivity contribution in [1.82, 2.24) is 0 Å². The highest BCUT2D eigenvalue weighted by molar-refractivity contribution is 7.99. The van der Waals surface area contributed by atoms with E-state index in [4.69, 9.17) is 16.3 Å². The van der Waals surface area contributed by atoms with Gasteiger partial charge < -0.3 is 9.84 Å². The second-order valence-corrected chi connectivity index (χ2v) is 8.02. The molecule has 3 unspecified atom stereocenters. The van der Waals surface area contributed by atoms with Gasteiger partial charge in [0.2, 0.25) is 0 Å². The van der Waals surface area contributed by atoms with Crippen LogP contribution in [-0.4, -0.2) is 28.8 Å². The van der Waals surface area contributed by atoms with Gasteiger partial charge in [0.15, 0.2) is 0 Å². The van der Waals surface area contributed by atoms with Gasteiger partial charge in [0, 0.05) is 17.2 Å². The quantitative estimate of drug-likeness (QED) is 0.520. The predicted molar refractivity (Wildman–Crippen MR) is 98.8 cm³/mol. The molecule has 0 amide bonds. The summed E-state index contributed by atoms with van der Waals surface area (Å²) in [7, 11) is 0. The van der Waals surface area contributed by atoms with Gasteiger partial charge in [-0.2, -0.15) is 11.8 Å². The summed E-state index contributed by atoms with van der Waals surface area (Å²) in [6.45, 7) is 7.17. The molecule has 1 N–H and O–H groups in total. The van der Waals surface area contributed by atoms with E-state index in [-0.39, 0.29) is 6.10 Å². The van der Waals surface area contributed by atoms with E-state index in [1.54, 1.807) is 6.08 Å². The normalized spacial score (nSPS) is 22.3. The average molecular weight is 347 g/mol. The topological polar surface area (TPSA) is 29.5 Å². The molecule has 0 bridgehead atoms. The summed E-state index contributed by atoms with van der Waals surface area (Å²) in [5, 5.41) is 11.2. The van der Waals surface area contributed by atoms with Gasteiger partial charge in [0.05, 0.1) is 18.5 Å². The maximum Gasteiger partial charge on any atom is 0.0943 e. The monoisotopic (exact) mass is 346 g/mol. The minimum absolute atomic E-state index is 0.0428. The first-order valence-corrected chi connectivity index (χ1v) is 10.00. The lowest BCUT2D eigenvalue weighted by atomic mass is 9.83. The third-order valence-corrected chi connectivity index (χ3v) is 5.49. The Balaban J connectivity index is 2.61. The first kappa shape index (κ1) is 19.9. The molecule has 3 atom stereocenters. The largest absolute Gasteiger partial charge is 0.512 e. The zero-order valence-corrected chi connectivity index (χ0v) is 15.8. The number of rotatable bonds is 10. The fourth-order valence-electron chi connectivity index (χ4n) is 3.21. The number of halogens is 1. The average Bonchev–Trinajstić information content (AvgIpc) is 2.47. The Labute approximate surface area is 145 Å². The summed E-state index contributed by atoms with van der Waals surface area (Å²) in [6.07, 6.45) is 8.02. The van der Waals surface area contributed by atoms with E-state index in [1.807, 2.05) is 11.8 Å². The van der Waals surface area contributed by atoms with Crippen LogP contribution in [0.5, 0.6) is 0 Å². The van der Waals surface area contributed by atoms with Gasteiger partial charge in [-0.1, -0.05) is 38.8 Å². The minimum atomic E-state index is 0.0428. The molecule has 0 aliphatic heterocycles. The van der Waals surface area contributed by atoms with E-state index >= 15 is 0 Å². The van der Waals surface area contributed by atoms with Crippen molar-refractivity contribution in [1.29, 1.82) is 0 Å². The van der Waals surface area contributed by atoms with E-state index in [1.165, 1.54) is 24.1 Å². The van der Waals surface area contributed by atoms with Crippen LogP contribution in [0.25, 0.3) is 0 Å². The van der Waals surface area contributed by atoms with Crippen LogP contribution in [0.3, 0.4) is 0 Å². The molecule has 0 saturated heterocycles. The molecule has 0 spiro atoms. The Kier molecular flexibility index (Phi) is 10.3. The van der Waals surface area contributed by atoms with Gasteiger partial charge in [-0.3, -0.25) is 0 Å². The van der Waals surface area contributed by atoms with Gasteiger partial charge in [-0.05, 0) is 49.0 Å². The highest BCUT2D eigenvalue weighted by Gasteiger charge is 2.27. The number of thioether (sulfide) groups is 1. The molecule has 2 nitrogen and oxygen atoms in total. The van der Waals surface area contributed by atoms with Crippen molar-refractivity contribution in [3.05, 3.63) is 22.9 Å². The van der Waals surface area contributed by atoms with E-state index < -0.39 is 0 Å². The second-order valence-electron chi connectivity index (χ2n) is 6.05. The van der Waals surface area contributed by atoms with Gasteiger partial charge in [0.25, 0.3) is 0 Å². The Morgan fingerprint density at radius 2 is 2.23 bits per heavy atom. The molecule has 1 aliphatic rings. The van der Waals surface area contributed by atoms with Crippen LogP contribution in [0.15, 0.2) is 22.9 Å². The summed E-state index contributed by atoms with van der Waals surface area (Å²) >= 11 is 7.56. The highest BCUT2D eigenvalue weighted by atomic mass is 35.5. The molecule has 128 valence electrons. The molecular weight excluding hydrogens is 316 g/mol. The molecule has 22 heavy (non-hydrogen) atoms. The van der Waals surface area contributed by atoms with Crippen molar-refractivity contribution in [3.63, 3.8) is 0 Å². The van der Waals surface area contributed by atoms with E-state index in [0.717, 1.165) is 31.3 Å². The van der Waals surface area contributed by atoms with Crippen LogP contribution in [0.1, 0.15) is 59.3 Å². The van der Waals surface area contributed by atoms with Crippen LogP contribution in [0.2, 0.25) is 0 Å². The minimum Gasteiger partial charge on any atom is -0.512 e. The SMILES string of the molecule is CCCC(OCC=CCl)C1=C(O)CC(CC(C)SCC)CC1. The number of ether oxygens (including phenoxy) is 1. The molecule has 0 aromatic carbocycles. The number of hydrogen-bond acceptors (Lipinski definition) is 3. The fraction of sp³-hybridized carbons (Fsp3) is 0.778. The zero-order chi connectivity index (χ0) is 16.4. The van der Waals surface area contributed by atoms with Gasteiger partial charge in [-0.15, -0.1) is 0 Å². The van der Waals surface area contributed by atoms with Crippen molar-refractivity contribution < 1.29 is 9.84 Å². The molecule has 4 heteroatoms. The van der Waals surface area contributed by atoms with Crippen molar-refractivity contribution >= 4 is 23.4 Å². The lowest BCUT2D eigenvalue weighted by Crippen LogP contribution is -2.23. The molecule has 1 aliphatic carbocycles. The highest BCUT2D eigenvalue weighted by Crippen LogP contribution is 2.36. The molecule has 0 aromatic rings. The van der Waals surface area contributed by atoms with E-state index in [2.05, 4.69) is 20.8 Å². The Hall–Kier alpha value is -0.120. The van der Waals surface area contributed by atoms with Crippen LogP contribution in [0, 0.1) is 5.92 Å². The Morgan fingerprint density at radius 3 is 2.82 bits per heavy atom. The molecule has 0 heterocycles. The summed E-state index contributed by atoms with van der Waals surface area (Å²) in [6, 6.07) is 0. The van der Waals surface area contributed by atoms with E-state index in [0.29, 0.717) is 23.5 Å². The molecule has 0 fully saturated rings. The van der Waals surface area contributed by atoms with Gasteiger partial charge >= 0.3 is 0 Å². The molecule has 0 aromatic heterocycles. The first-order valence-electron chi connectivity index (χ1n) is 8.51. The summed E-state index contributed by atoms with van der Waals surface area (Å²) in [5.41, 5.74) is 2.61. The van der Waals surface area contributed by atoms with Crippen molar-refractivity contribution in [2.45, 2.75) is 70.7 Å². The van der Waals surface area contributed by atoms with Crippen molar-refractivity contribution in [2.75, 3.05) is 12.4 Å². The van der Waals surface area contributed by atoms with Crippen molar-refractivity contribution in [3.8, 4) is 0 Å². The molecular formula is C18H31ClO2S. The first-order chi connectivity index (χ1) is 10.6. The molecule has 0 radical (unpaired) electrons. The van der Waals surface area contributed by atoms with Gasteiger partial charge in [0.1, 0.15) is 0 Å². The van der Waals surface area contributed by atoms with Crippen LogP contribution in [-0.2, 0) is 4.74 Å². The maximum atomic E-state index is 10.5. The van der Waals surface area contributed by atoms with Gasteiger partial charge in [-0.25, -0.2) is 0 Å². The zero-order valence-electron chi connectivity index (χ0n) is 14.2. The van der Waals surface area contributed by atoms with Crippen LogP contribution >= 0.6 is 23.4 Å². The Bertz CT molecular complexity index is 368. The number of aliphatic hydroxyl groups excluding tert-OH is 1. The lowest BCUT2D eigenvalue weighted by molar-refractivity contribution is 0.0827. The predicted octanol–water partition coefficient (Wildman–Crippen LogP) is 6.07. The third-order valence-electron chi connectivity index (χ3n) is 4.21. The summed E-state index contributed by atoms with van der Waals surface area (Å²) < 4.78 is 5.89. The summed E-state index contributed by atoms with van der Waals surface area (Å²) in [4.78, 5) is 0. The maximum absolute atomic E-state index is 10.5. The number of hydrogen-bond donors (Lipinski definition) is 1.